The highest BCUT2D eigenvalue weighted by Crippen LogP contribution is 2.31. The molecule has 1 aromatic heterocycles. The summed E-state index contributed by atoms with van der Waals surface area (Å²) in [5, 5.41) is 1.41. The Bertz CT molecular complexity index is 629. The summed E-state index contributed by atoms with van der Waals surface area (Å²) < 4.78 is 4.87. The highest BCUT2D eigenvalue weighted by Gasteiger charge is 2.14. The summed E-state index contributed by atoms with van der Waals surface area (Å²) in [5.74, 6) is -0.526. The molecular formula is C12H10Cl2N2O2. The Morgan fingerprint density at radius 3 is 2.78 bits per heavy atom. The van der Waals surface area contributed by atoms with Gasteiger partial charge in [0.15, 0.2) is 5.69 Å². The first kappa shape index (κ1) is 12.9. The number of esters is 1. The van der Waals surface area contributed by atoms with Crippen LogP contribution in [0.15, 0.2) is 18.2 Å². The maximum absolute atomic E-state index is 11.6. The topological polar surface area (TPSA) is 65.2 Å². The van der Waals surface area contributed by atoms with Crippen LogP contribution in [0.3, 0.4) is 0 Å². The van der Waals surface area contributed by atoms with Gasteiger partial charge in [0, 0.05) is 16.1 Å². The van der Waals surface area contributed by atoms with E-state index in [-0.39, 0.29) is 12.3 Å². The van der Waals surface area contributed by atoms with E-state index in [2.05, 4.69) is 4.98 Å². The number of nitrogens with zero attached hydrogens (tertiary/aromatic N) is 1. The largest absolute Gasteiger partial charge is 0.461 e. The second-order valence-electron chi connectivity index (χ2n) is 3.60. The van der Waals surface area contributed by atoms with Gasteiger partial charge in [-0.05, 0) is 25.1 Å². The van der Waals surface area contributed by atoms with E-state index >= 15 is 0 Å². The standard InChI is InChI=1S/C12H10Cl2N2O2/c1-2-18-12(17)10-5-8(15)11-7(14)3-6(13)4-9(11)16-10/h3-5H,2H2,1H3,(H2,15,16). The van der Waals surface area contributed by atoms with Gasteiger partial charge in [0.25, 0.3) is 0 Å². The molecule has 0 aliphatic heterocycles. The molecule has 1 heterocycles. The van der Waals surface area contributed by atoms with Crippen LogP contribution in [0, 0.1) is 0 Å². The van der Waals surface area contributed by atoms with E-state index in [0.29, 0.717) is 26.6 Å². The second kappa shape index (κ2) is 5.00. The number of anilines is 1. The van der Waals surface area contributed by atoms with Crippen molar-refractivity contribution in [3.8, 4) is 0 Å². The van der Waals surface area contributed by atoms with Gasteiger partial charge in [-0.2, -0.15) is 0 Å². The minimum atomic E-state index is -0.526. The Balaban J connectivity index is 2.65. The van der Waals surface area contributed by atoms with Crippen molar-refractivity contribution in [3.63, 3.8) is 0 Å². The van der Waals surface area contributed by atoms with E-state index in [9.17, 15) is 4.79 Å². The van der Waals surface area contributed by atoms with Crippen LogP contribution in [0.1, 0.15) is 17.4 Å². The molecule has 2 aromatic rings. The summed E-state index contributed by atoms with van der Waals surface area (Å²) in [6.07, 6.45) is 0. The van der Waals surface area contributed by atoms with Gasteiger partial charge in [-0.25, -0.2) is 9.78 Å². The third-order valence-corrected chi connectivity index (χ3v) is 2.86. The van der Waals surface area contributed by atoms with Crippen LogP contribution in [0.2, 0.25) is 10.0 Å². The SMILES string of the molecule is CCOC(=O)c1cc(N)c2c(Cl)cc(Cl)cc2n1. The highest BCUT2D eigenvalue weighted by molar-refractivity contribution is 6.39. The Hall–Kier alpha value is -1.52. The van der Waals surface area contributed by atoms with Crippen molar-refractivity contribution in [2.75, 3.05) is 12.3 Å². The quantitative estimate of drug-likeness (QED) is 0.860. The molecule has 6 heteroatoms. The Morgan fingerprint density at radius 2 is 2.11 bits per heavy atom. The highest BCUT2D eigenvalue weighted by atomic mass is 35.5. The van der Waals surface area contributed by atoms with E-state index in [0.717, 1.165) is 0 Å². The van der Waals surface area contributed by atoms with Crippen molar-refractivity contribution in [3.05, 3.63) is 33.9 Å². The first-order valence-electron chi connectivity index (χ1n) is 5.25. The summed E-state index contributed by atoms with van der Waals surface area (Å²) >= 11 is 11.9. The molecule has 4 nitrogen and oxygen atoms in total. The molecular weight excluding hydrogens is 275 g/mol. The molecule has 0 fully saturated rings. The second-order valence-corrected chi connectivity index (χ2v) is 4.44. The number of hydrogen-bond acceptors (Lipinski definition) is 4. The van der Waals surface area contributed by atoms with Crippen molar-refractivity contribution < 1.29 is 9.53 Å². The lowest BCUT2D eigenvalue weighted by molar-refractivity contribution is 0.0520. The number of nitrogen functional groups attached to an aromatic ring is 1. The van der Waals surface area contributed by atoms with Crippen LogP contribution in [0.25, 0.3) is 10.9 Å². The van der Waals surface area contributed by atoms with Crippen LogP contribution >= 0.6 is 23.2 Å². The number of hydrogen-bond donors (Lipinski definition) is 1. The van der Waals surface area contributed by atoms with E-state index in [1.54, 1.807) is 19.1 Å². The lowest BCUT2D eigenvalue weighted by Crippen LogP contribution is -2.08. The number of fused-ring (bicyclic) bond motifs is 1. The van der Waals surface area contributed by atoms with E-state index in [4.69, 9.17) is 33.7 Å². The number of benzene rings is 1. The van der Waals surface area contributed by atoms with Gasteiger partial charge in [0.1, 0.15) is 0 Å². The summed E-state index contributed by atoms with van der Waals surface area (Å²) in [6, 6.07) is 4.62. The molecule has 1 aromatic carbocycles. The predicted molar refractivity (Wildman–Crippen MR) is 72.1 cm³/mol. The molecule has 0 atom stereocenters. The van der Waals surface area contributed by atoms with Gasteiger partial charge < -0.3 is 10.5 Å². The van der Waals surface area contributed by atoms with Crippen LogP contribution in [0.4, 0.5) is 5.69 Å². The molecule has 2 rings (SSSR count). The van der Waals surface area contributed by atoms with Crippen molar-refractivity contribution in [2.45, 2.75) is 6.92 Å². The van der Waals surface area contributed by atoms with E-state index in [1.807, 2.05) is 0 Å². The molecule has 0 saturated heterocycles. The zero-order chi connectivity index (χ0) is 13.3. The molecule has 2 N–H and O–H groups in total. The van der Waals surface area contributed by atoms with Gasteiger partial charge in [-0.3, -0.25) is 0 Å². The third-order valence-electron chi connectivity index (χ3n) is 2.34. The van der Waals surface area contributed by atoms with Crippen LogP contribution in [-0.2, 0) is 4.74 Å². The first-order valence-corrected chi connectivity index (χ1v) is 6.01. The number of carbonyl (C=O) groups is 1. The van der Waals surface area contributed by atoms with Crippen molar-refractivity contribution >= 4 is 45.8 Å². The Morgan fingerprint density at radius 1 is 1.39 bits per heavy atom. The lowest BCUT2D eigenvalue weighted by Gasteiger charge is -2.07. The molecule has 0 amide bonds. The van der Waals surface area contributed by atoms with Gasteiger partial charge in [0.2, 0.25) is 0 Å². The number of carbonyl (C=O) groups excluding carboxylic acids is 1. The lowest BCUT2D eigenvalue weighted by atomic mass is 10.1. The zero-order valence-electron chi connectivity index (χ0n) is 9.54. The van der Waals surface area contributed by atoms with Gasteiger partial charge in [0.05, 0.1) is 17.1 Å². The molecule has 0 aliphatic carbocycles. The van der Waals surface area contributed by atoms with E-state index < -0.39 is 5.97 Å². The molecule has 18 heavy (non-hydrogen) atoms. The maximum Gasteiger partial charge on any atom is 0.357 e. The minimum absolute atomic E-state index is 0.139. The zero-order valence-corrected chi connectivity index (χ0v) is 11.0. The van der Waals surface area contributed by atoms with Crippen LogP contribution in [-0.4, -0.2) is 17.6 Å². The normalized spacial score (nSPS) is 10.6. The van der Waals surface area contributed by atoms with E-state index in [1.165, 1.54) is 6.07 Å². The molecule has 0 radical (unpaired) electrons. The summed E-state index contributed by atoms with van der Waals surface area (Å²) in [4.78, 5) is 15.8. The average Bonchev–Trinajstić information content (AvgIpc) is 2.27. The number of ether oxygens (including phenoxy) is 1. The molecule has 94 valence electrons. The minimum Gasteiger partial charge on any atom is -0.461 e. The smallest absolute Gasteiger partial charge is 0.357 e. The fourth-order valence-corrected chi connectivity index (χ4v) is 2.22. The number of halogens is 2. The van der Waals surface area contributed by atoms with Crippen molar-refractivity contribution in [1.29, 1.82) is 0 Å². The summed E-state index contributed by atoms with van der Waals surface area (Å²) in [7, 11) is 0. The van der Waals surface area contributed by atoms with Gasteiger partial charge in [-0.1, -0.05) is 23.2 Å². The van der Waals surface area contributed by atoms with Crippen molar-refractivity contribution in [1.82, 2.24) is 4.98 Å². The number of aromatic nitrogens is 1. The van der Waals surface area contributed by atoms with Gasteiger partial charge in [-0.15, -0.1) is 0 Å². The monoisotopic (exact) mass is 284 g/mol. The van der Waals surface area contributed by atoms with Gasteiger partial charge >= 0.3 is 5.97 Å². The molecule has 0 bridgehead atoms. The van der Waals surface area contributed by atoms with Crippen LogP contribution in [0.5, 0.6) is 0 Å². The van der Waals surface area contributed by atoms with Crippen LogP contribution < -0.4 is 5.73 Å². The first-order chi connectivity index (χ1) is 8.52. The average molecular weight is 285 g/mol. The number of nitrogens with two attached hydrogens (primary N) is 1. The fourth-order valence-electron chi connectivity index (χ4n) is 1.63. The number of pyridine rings is 1. The Labute approximate surface area is 114 Å². The molecule has 0 saturated carbocycles. The predicted octanol–water partition coefficient (Wildman–Crippen LogP) is 3.30. The molecule has 0 aliphatic rings. The maximum atomic E-state index is 11.6. The summed E-state index contributed by atoms with van der Waals surface area (Å²) in [5.41, 5.74) is 6.84. The fraction of sp³-hybridized carbons (Fsp3) is 0.167. The third kappa shape index (κ3) is 2.35. The number of rotatable bonds is 2. The Kier molecular flexibility index (Phi) is 3.59. The van der Waals surface area contributed by atoms with Crippen molar-refractivity contribution in [2.24, 2.45) is 0 Å². The summed E-state index contributed by atoms with van der Waals surface area (Å²) in [6.45, 7) is 1.99. The molecule has 0 spiro atoms. The molecule has 0 unspecified atom stereocenters.